The van der Waals surface area contributed by atoms with Gasteiger partial charge in [-0.25, -0.2) is 0 Å². The van der Waals surface area contributed by atoms with Crippen LogP contribution in [0.1, 0.15) is 5.69 Å². The molecular formula is C16H12N. The van der Waals surface area contributed by atoms with E-state index >= 15 is 0 Å². The standard InChI is InChI=1S/C16H12N/c1-12-11-14-9-5-6-10-15(14)16(17-12)13-7-3-2-4-8-13/h2-11H,1H2. The lowest BCUT2D eigenvalue weighted by Crippen LogP contribution is -1.89. The van der Waals surface area contributed by atoms with E-state index in [2.05, 4.69) is 36.2 Å². The highest BCUT2D eigenvalue weighted by atomic mass is 14.7. The summed E-state index contributed by atoms with van der Waals surface area (Å²) < 4.78 is 0. The molecule has 0 N–H and O–H groups in total. The number of pyridine rings is 1. The predicted octanol–water partition coefficient (Wildman–Crippen LogP) is 4.08. The van der Waals surface area contributed by atoms with Gasteiger partial charge in [-0.05, 0) is 18.4 Å². The second kappa shape index (κ2) is 4.02. The molecule has 1 nitrogen and oxygen atoms in total. The normalized spacial score (nSPS) is 10.6. The zero-order valence-electron chi connectivity index (χ0n) is 9.43. The minimum Gasteiger partial charge on any atom is -0.252 e. The number of benzene rings is 2. The summed E-state index contributed by atoms with van der Waals surface area (Å²) in [5, 5.41) is 2.36. The van der Waals surface area contributed by atoms with E-state index < -0.39 is 0 Å². The first-order chi connectivity index (χ1) is 8.34. The molecule has 3 aromatic rings. The minimum atomic E-state index is 0.808. The molecule has 2 aromatic carbocycles. The average molecular weight is 218 g/mol. The van der Waals surface area contributed by atoms with Crippen LogP contribution in [-0.2, 0) is 0 Å². The number of fused-ring (bicyclic) bond motifs is 1. The molecule has 0 bridgehead atoms. The highest BCUT2D eigenvalue weighted by Crippen LogP contribution is 2.26. The van der Waals surface area contributed by atoms with E-state index in [4.69, 9.17) is 0 Å². The van der Waals surface area contributed by atoms with Crippen molar-refractivity contribution in [3.8, 4) is 11.3 Å². The Morgan fingerprint density at radius 3 is 2.35 bits per heavy atom. The Morgan fingerprint density at radius 2 is 1.53 bits per heavy atom. The first kappa shape index (κ1) is 10.0. The van der Waals surface area contributed by atoms with E-state index in [1.807, 2.05) is 36.4 Å². The van der Waals surface area contributed by atoms with Crippen molar-refractivity contribution >= 4 is 10.8 Å². The number of rotatable bonds is 1. The van der Waals surface area contributed by atoms with Crippen molar-refractivity contribution in [3.05, 3.63) is 73.3 Å². The largest absolute Gasteiger partial charge is 0.252 e. The fourth-order valence-corrected chi connectivity index (χ4v) is 2.07. The summed E-state index contributed by atoms with van der Waals surface area (Å²) in [7, 11) is 0. The third kappa shape index (κ3) is 1.80. The smallest absolute Gasteiger partial charge is 0.0783 e. The highest BCUT2D eigenvalue weighted by Gasteiger charge is 2.05. The number of hydrogen-bond acceptors (Lipinski definition) is 1. The minimum absolute atomic E-state index is 0.808. The fourth-order valence-electron chi connectivity index (χ4n) is 2.07. The monoisotopic (exact) mass is 218 g/mol. The lowest BCUT2D eigenvalue weighted by molar-refractivity contribution is 1.30. The molecule has 0 aliphatic heterocycles. The summed E-state index contributed by atoms with van der Waals surface area (Å²) in [4.78, 5) is 4.56. The number of hydrogen-bond donors (Lipinski definition) is 0. The third-order valence-corrected chi connectivity index (χ3v) is 2.84. The van der Waals surface area contributed by atoms with Crippen molar-refractivity contribution < 1.29 is 0 Å². The van der Waals surface area contributed by atoms with E-state index in [0.717, 1.165) is 17.0 Å². The van der Waals surface area contributed by atoms with Crippen LogP contribution in [0.3, 0.4) is 0 Å². The van der Waals surface area contributed by atoms with Crippen LogP contribution >= 0.6 is 0 Å². The van der Waals surface area contributed by atoms with Crippen LogP contribution in [0.25, 0.3) is 22.0 Å². The molecule has 1 heterocycles. The van der Waals surface area contributed by atoms with Crippen molar-refractivity contribution in [2.45, 2.75) is 0 Å². The zero-order valence-corrected chi connectivity index (χ0v) is 9.43. The molecule has 1 radical (unpaired) electrons. The fraction of sp³-hybridized carbons (Fsp3) is 0. The summed E-state index contributed by atoms with van der Waals surface area (Å²) in [6.07, 6.45) is 0. The van der Waals surface area contributed by atoms with Crippen molar-refractivity contribution in [1.29, 1.82) is 0 Å². The Labute approximate surface area is 101 Å². The Hall–Kier alpha value is -2.15. The summed E-state index contributed by atoms with van der Waals surface area (Å²) in [6, 6.07) is 20.5. The van der Waals surface area contributed by atoms with Crippen LogP contribution in [0, 0.1) is 6.92 Å². The van der Waals surface area contributed by atoms with Crippen LogP contribution in [0.15, 0.2) is 60.7 Å². The summed E-state index contributed by atoms with van der Waals surface area (Å²) in [5.74, 6) is 0. The Morgan fingerprint density at radius 1 is 0.824 bits per heavy atom. The van der Waals surface area contributed by atoms with E-state index in [0.29, 0.717) is 0 Å². The molecule has 0 aliphatic carbocycles. The molecule has 0 amide bonds. The first-order valence-electron chi connectivity index (χ1n) is 5.62. The third-order valence-electron chi connectivity index (χ3n) is 2.84. The van der Waals surface area contributed by atoms with Gasteiger partial charge in [0.1, 0.15) is 0 Å². The van der Waals surface area contributed by atoms with Gasteiger partial charge in [0.15, 0.2) is 0 Å². The van der Waals surface area contributed by atoms with E-state index in [9.17, 15) is 0 Å². The van der Waals surface area contributed by atoms with Gasteiger partial charge in [-0.3, -0.25) is 4.98 Å². The molecule has 1 heteroatoms. The predicted molar refractivity (Wildman–Crippen MR) is 71.6 cm³/mol. The quantitative estimate of drug-likeness (QED) is 0.599. The molecule has 0 unspecified atom stereocenters. The summed E-state index contributed by atoms with van der Waals surface area (Å²) in [6.45, 7) is 3.95. The van der Waals surface area contributed by atoms with Gasteiger partial charge >= 0.3 is 0 Å². The number of nitrogens with zero attached hydrogens (tertiary/aromatic N) is 1. The van der Waals surface area contributed by atoms with Gasteiger partial charge in [0.05, 0.1) is 5.69 Å². The van der Waals surface area contributed by atoms with Gasteiger partial charge < -0.3 is 0 Å². The van der Waals surface area contributed by atoms with Crippen LogP contribution in [0.2, 0.25) is 0 Å². The van der Waals surface area contributed by atoms with Gasteiger partial charge in [0.2, 0.25) is 0 Å². The van der Waals surface area contributed by atoms with Crippen LogP contribution < -0.4 is 0 Å². The molecule has 17 heavy (non-hydrogen) atoms. The topological polar surface area (TPSA) is 12.9 Å². The van der Waals surface area contributed by atoms with E-state index in [1.54, 1.807) is 0 Å². The lowest BCUT2D eigenvalue weighted by Gasteiger charge is -2.07. The Kier molecular flexibility index (Phi) is 2.37. The summed E-state index contributed by atoms with van der Waals surface area (Å²) in [5.41, 5.74) is 2.95. The second-order valence-corrected chi connectivity index (χ2v) is 4.05. The average Bonchev–Trinajstić information content (AvgIpc) is 2.39. The molecule has 0 saturated heterocycles. The van der Waals surface area contributed by atoms with Gasteiger partial charge in [-0.2, -0.15) is 0 Å². The molecule has 0 saturated carbocycles. The van der Waals surface area contributed by atoms with Crippen LogP contribution in [0.4, 0.5) is 0 Å². The maximum Gasteiger partial charge on any atom is 0.0783 e. The van der Waals surface area contributed by atoms with Crippen molar-refractivity contribution in [2.75, 3.05) is 0 Å². The van der Waals surface area contributed by atoms with Gasteiger partial charge in [-0.15, -0.1) is 0 Å². The Bertz CT molecular complexity index is 657. The second-order valence-electron chi connectivity index (χ2n) is 4.05. The first-order valence-corrected chi connectivity index (χ1v) is 5.62. The maximum atomic E-state index is 4.56. The zero-order chi connectivity index (χ0) is 11.7. The highest BCUT2D eigenvalue weighted by molar-refractivity contribution is 5.94. The lowest BCUT2D eigenvalue weighted by atomic mass is 10.0. The van der Waals surface area contributed by atoms with Crippen molar-refractivity contribution in [2.24, 2.45) is 0 Å². The van der Waals surface area contributed by atoms with E-state index in [1.165, 1.54) is 10.8 Å². The Balaban J connectivity index is 2.36. The molecule has 1 aromatic heterocycles. The molecule has 0 atom stereocenters. The SMILES string of the molecule is [CH2]c1cc2ccccc2c(-c2ccccc2)n1. The molecule has 0 spiro atoms. The number of aromatic nitrogens is 1. The molecule has 81 valence electrons. The van der Waals surface area contributed by atoms with Crippen molar-refractivity contribution in [1.82, 2.24) is 4.98 Å². The van der Waals surface area contributed by atoms with Gasteiger partial charge in [0.25, 0.3) is 0 Å². The molecular weight excluding hydrogens is 206 g/mol. The van der Waals surface area contributed by atoms with Crippen LogP contribution in [0.5, 0.6) is 0 Å². The van der Waals surface area contributed by atoms with Crippen molar-refractivity contribution in [3.63, 3.8) is 0 Å². The van der Waals surface area contributed by atoms with Gasteiger partial charge in [-0.1, -0.05) is 54.6 Å². The van der Waals surface area contributed by atoms with Gasteiger partial charge in [0, 0.05) is 16.6 Å². The molecule has 0 fully saturated rings. The van der Waals surface area contributed by atoms with Crippen LogP contribution in [-0.4, -0.2) is 4.98 Å². The summed E-state index contributed by atoms with van der Waals surface area (Å²) >= 11 is 0. The molecule has 0 aliphatic rings. The maximum absolute atomic E-state index is 4.56. The van der Waals surface area contributed by atoms with E-state index in [-0.39, 0.29) is 0 Å². The molecule has 3 rings (SSSR count).